The van der Waals surface area contributed by atoms with E-state index in [1.807, 2.05) is 30.0 Å². The third-order valence-corrected chi connectivity index (χ3v) is 5.28. The number of likely N-dealkylation sites (N-methyl/N-ethyl adjacent to an activating group) is 1. The Morgan fingerprint density at radius 3 is 2.82 bits per heavy atom. The molecule has 9 nitrogen and oxygen atoms in total. The topological polar surface area (TPSA) is 101 Å². The Labute approximate surface area is 162 Å². The third kappa shape index (κ3) is 4.10. The summed E-state index contributed by atoms with van der Waals surface area (Å²) in [5.41, 5.74) is 0.824. The fraction of sp³-hybridized carbons (Fsp3) is 0.526. The predicted molar refractivity (Wildman–Crippen MR) is 99.0 cm³/mol. The van der Waals surface area contributed by atoms with Crippen molar-refractivity contribution in [1.29, 1.82) is 0 Å². The number of carboxylic acid groups (broad SMARTS) is 1. The molecule has 0 aliphatic carbocycles. The molecule has 3 heterocycles. The van der Waals surface area contributed by atoms with Gasteiger partial charge in [-0.25, -0.2) is 0 Å². The first-order chi connectivity index (χ1) is 13.6. The minimum absolute atomic E-state index is 0.101. The van der Waals surface area contributed by atoms with Gasteiger partial charge in [-0.05, 0) is 37.6 Å². The second-order valence-electron chi connectivity index (χ2n) is 7.04. The van der Waals surface area contributed by atoms with E-state index in [0.717, 1.165) is 43.8 Å². The van der Waals surface area contributed by atoms with Crippen LogP contribution in [0.5, 0.6) is 11.5 Å². The molecule has 4 rings (SSSR count). The molecule has 9 heteroatoms. The van der Waals surface area contributed by atoms with Crippen molar-refractivity contribution >= 4 is 5.97 Å². The Morgan fingerprint density at radius 2 is 2.07 bits per heavy atom. The molecule has 1 aromatic carbocycles. The zero-order chi connectivity index (χ0) is 19.5. The number of carbonyl (C=O) groups is 1. The zero-order valence-electron chi connectivity index (χ0n) is 15.8. The SMILES string of the molecule is CCN(CC(=O)O)C1CCN(Cc2nc(-c3ccc4c(c3)OCO4)no2)CC1. The molecular weight excluding hydrogens is 364 g/mol. The molecule has 0 saturated carbocycles. The van der Waals surface area contributed by atoms with Crippen molar-refractivity contribution in [2.24, 2.45) is 0 Å². The summed E-state index contributed by atoms with van der Waals surface area (Å²) in [7, 11) is 0. The standard InChI is InChI=1S/C19H24N4O5/c1-2-23(11-18(24)25)14-5-7-22(8-6-14)10-17-20-19(21-28-17)13-3-4-15-16(9-13)27-12-26-15/h3-4,9,14H,2,5-8,10-12H2,1H3,(H,24,25). The molecular formula is C19H24N4O5. The largest absolute Gasteiger partial charge is 0.480 e. The summed E-state index contributed by atoms with van der Waals surface area (Å²) in [5.74, 6) is 1.74. The highest BCUT2D eigenvalue weighted by atomic mass is 16.7. The number of carboxylic acids is 1. The monoisotopic (exact) mass is 388 g/mol. The third-order valence-electron chi connectivity index (χ3n) is 5.28. The van der Waals surface area contributed by atoms with Crippen molar-refractivity contribution in [2.75, 3.05) is 33.0 Å². The lowest BCUT2D eigenvalue weighted by Gasteiger charge is -2.36. The lowest BCUT2D eigenvalue weighted by Crippen LogP contribution is -2.46. The lowest BCUT2D eigenvalue weighted by molar-refractivity contribution is -0.139. The minimum Gasteiger partial charge on any atom is -0.480 e. The molecule has 0 bridgehead atoms. The van der Waals surface area contributed by atoms with E-state index in [-0.39, 0.29) is 13.3 Å². The summed E-state index contributed by atoms with van der Waals surface area (Å²) in [6.45, 7) is 5.43. The number of benzene rings is 1. The molecule has 2 aliphatic heterocycles. The minimum atomic E-state index is -0.772. The van der Waals surface area contributed by atoms with Crippen molar-refractivity contribution in [2.45, 2.75) is 32.4 Å². The molecule has 1 aromatic heterocycles. The van der Waals surface area contributed by atoms with Gasteiger partial charge in [-0.3, -0.25) is 14.6 Å². The Bertz CT molecular complexity index is 831. The summed E-state index contributed by atoms with van der Waals surface area (Å²) in [4.78, 5) is 19.8. The van der Waals surface area contributed by atoms with E-state index in [1.165, 1.54) is 0 Å². The molecule has 0 amide bonds. The van der Waals surface area contributed by atoms with E-state index in [9.17, 15) is 4.79 Å². The number of aromatic nitrogens is 2. The highest BCUT2D eigenvalue weighted by Gasteiger charge is 2.26. The quantitative estimate of drug-likeness (QED) is 0.761. The highest BCUT2D eigenvalue weighted by molar-refractivity contribution is 5.69. The van der Waals surface area contributed by atoms with E-state index < -0.39 is 5.97 Å². The molecule has 150 valence electrons. The van der Waals surface area contributed by atoms with Gasteiger partial charge in [0.1, 0.15) is 0 Å². The molecule has 0 spiro atoms. The van der Waals surface area contributed by atoms with E-state index in [0.29, 0.717) is 30.1 Å². The Morgan fingerprint density at radius 1 is 1.29 bits per heavy atom. The maximum Gasteiger partial charge on any atom is 0.317 e. The zero-order valence-corrected chi connectivity index (χ0v) is 15.8. The number of hydrogen-bond donors (Lipinski definition) is 1. The average molecular weight is 388 g/mol. The van der Waals surface area contributed by atoms with Gasteiger partial charge in [-0.2, -0.15) is 4.98 Å². The summed E-state index contributed by atoms with van der Waals surface area (Å²) in [6, 6.07) is 5.89. The molecule has 2 aliphatic rings. The molecule has 0 atom stereocenters. The van der Waals surface area contributed by atoms with Crippen LogP contribution in [0.15, 0.2) is 22.7 Å². The Hall–Kier alpha value is -2.65. The van der Waals surface area contributed by atoms with Crippen LogP contribution >= 0.6 is 0 Å². The second-order valence-corrected chi connectivity index (χ2v) is 7.04. The number of ether oxygens (including phenoxy) is 2. The van der Waals surface area contributed by atoms with Crippen LogP contribution in [-0.4, -0.2) is 70.0 Å². The fourth-order valence-corrected chi connectivity index (χ4v) is 3.78. The number of rotatable bonds is 7. The number of likely N-dealkylation sites (tertiary alicyclic amines) is 1. The first-order valence-corrected chi connectivity index (χ1v) is 9.53. The van der Waals surface area contributed by atoms with Crippen molar-refractivity contribution in [3.63, 3.8) is 0 Å². The van der Waals surface area contributed by atoms with Gasteiger partial charge < -0.3 is 19.1 Å². The van der Waals surface area contributed by atoms with Gasteiger partial charge in [0.15, 0.2) is 11.5 Å². The average Bonchev–Trinajstić information content (AvgIpc) is 3.35. The highest BCUT2D eigenvalue weighted by Crippen LogP contribution is 2.35. The normalized spacial score (nSPS) is 17.4. The van der Waals surface area contributed by atoms with Gasteiger partial charge in [0.05, 0.1) is 13.1 Å². The number of piperidine rings is 1. The second kappa shape index (κ2) is 8.15. The molecule has 1 fully saturated rings. The maximum absolute atomic E-state index is 11.0. The van der Waals surface area contributed by atoms with Crippen molar-refractivity contribution in [1.82, 2.24) is 19.9 Å². The van der Waals surface area contributed by atoms with Crippen LogP contribution in [0.2, 0.25) is 0 Å². The predicted octanol–water partition coefficient (Wildman–Crippen LogP) is 1.84. The van der Waals surface area contributed by atoms with E-state index in [1.54, 1.807) is 0 Å². The van der Waals surface area contributed by atoms with Crippen LogP contribution in [0.25, 0.3) is 11.4 Å². The number of fused-ring (bicyclic) bond motifs is 1. The number of aliphatic carboxylic acids is 1. The van der Waals surface area contributed by atoms with Crippen LogP contribution < -0.4 is 9.47 Å². The van der Waals surface area contributed by atoms with Crippen LogP contribution in [0.4, 0.5) is 0 Å². The van der Waals surface area contributed by atoms with Crippen LogP contribution in [0, 0.1) is 0 Å². The van der Waals surface area contributed by atoms with Crippen LogP contribution in [-0.2, 0) is 11.3 Å². The van der Waals surface area contributed by atoms with Gasteiger partial charge in [-0.15, -0.1) is 0 Å². The molecule has 0 radical (unpaired) electrons. The van der Waals surface area contributed by atoms with E-state index >= 15 is 0 Å². The van der Waals surface area contributed by atoms with Crippen molar-refractivity contribution < 1.29 is 23.9 Å². The van der Waals surface area contributed by atoms with E-state index in [4.69, 9.17) is 19.1 Å². The van der Waals surface area contributed by atoms with Gasteiger partial charge in [-0.1, -0.05) is 12.1 Å². The number of nitrogens with zero attached hydrogens (tertiary/aromatic N) is 4. The molecule has 1 N–H and O–H groups in total. The summed E-state index contributed by atoms with van der Waals surface area (Å²) >= 11 is 0. The smallest absolute Gasteiger partial charge is 0.317 e. The van der Waals surface area contributed by atoms with Crippen LogP contribution in [0.3, 0.4) is 0 Å². The molecule has 0 unspecified atom stereocenters. The Balaban J connectivity index is 1.33. The summed E-state index contributed by atoms with van der Waals surface area (Å²) in [5, 5.41) is 13.1. The first-order valence-electron chi connectivity index (χ1n) is 9.53. The van der Waals surface area contributed by atoms with Crippen LogP contribution in [0.1, 0.15) is 25.7 Å². The molecule has 1 saturated heterocycles. The maximum atomic E-state index is 11.0. The summed E-state index contributed by atoms with van der Waals surface area (Å²) < 4.78 is 16.1. The molecule has 28 heavy (non-hydrogen) atoms. The van der Waals surface area contributed by atoms with Crippen molar-refractivity contribution in [3.8, 4) is 22.9 Å². The number of hydrogen-bond acceptors (Lipinski definition) is 8. The van der Waals surface area contributed by atoms with Gasteiger partial charge in [0.25, 0.3) is 0 Å². The first kappa shape index (κ1) is 18.7. The van der Waals surface area contributed by atoms with Gasteiger partial charge in [0.2, 0.25) is 18.5 Å². The Kier molecular flexibility index (Phi) is 5.45. The van der Waals surface area contributed by atoms with Crippen molar-refractivity contribution in [3.05, 3.63) is 24.1 Å². The van der Waals surface area contributed by atoms with Gasteiger partial charge in [0, 0.05) is 24.7 Å². The van der Waals surface area contributed by atoms with E-state index in [2.05, 4.69) is 15.0 Å². The summed E-state index contributed by atoms with van der Waals surface area (Å²) in [6.07, 6.45) is 1.87. The lowest BCUT2D eigenvalue weighted by atomic mass is 10.0. The molecule has 2 aromatic rings. The fourth-order valence-electron chi connectivity index (χ4n) is 3.78. The van der Waals surface area contributed by atoms with Gasteiger partial charge >= 0.3 is 5.97 Å².